The molecule has 0 fully saturated rings. The van der Waals surface area contributed by atoms with Gasteiger partial charge < -0.3 is 9.30 Å². The Bertz CT molecular complexity index is 1440. The summed E-state index contributed by atoms with van der Waals surface area (Å²) in [4.78, 5) is 0. The lowest BCUT2D eigenvalue weighted by Crippen LogP contribution is -2.14. The van der Waals surface area contributed by atoms with Crippen LogP contribution in [0.3, 0.4) is 0 Å². The lowest BCUT2D eigenvalue weighted by molar-refractivity contribution is 0.306. The van der Waals surface area contributed by atoms with Gasteiger partial charge in [0, 0.05) is 23.2 Å². The summed E-state index contributed by atoms with van der Waals surface area (Å²) in [5.41, 5.74) is 4.53. The van der Waals surface area contributed by atoms with Gasteiger partial charge in [-0.2, -0.15) is 5.26 Å². The molecule has 33 heavy (non-hydrogen) atoms. The molecule has 3 aromatic carbocycles. The molecule has 0 atom stereocenters. The van der Waals surface area contributed by atoms with Crippen LogP contribution in [-0.4, -0.2) is 18.7 Å². The number of anilines is 1. The Kier molecular flexibility index (Phi) is 6.38. The van der Waals surface area contributed by atoms with E-state index in [1.807, 2.05) is 61.5 Å². The van der Waals surface area contributed by atoms with Gasteiger partial charge in [0.05, 0.1) is 22.5 Å². The van der Waals surface area contributed by atoms with E-state index >= 15 is 0 Å². The highest BCUT2D eigenvalue weighted by molar-refractivity contribution is 7.92. The zero-order valence-electron chi connectivity index (χ0n) is 18.6. The normalized spacial score (nSPS) is 11.3. The van der Waals surface area contributed by atoms with Crippen LogP contribution in [-0.2, 0) is 23.2 Å². The van der Waals surface area contributed by atoms with Crippen LogP contribution in [0.5, 0.6) is 5.75 Å². The highest BCUT2D eigenvalue weighted by atomic mass is 32.2. The molecular formula is C26H25N3O3S. The molecule has 0 aliphatic rings. The van der Waals surface area contributed by atoms with Crippen LogP contribution in [0, 0.1) is 11.3 Å². The number of nitrogens with zero attached hydrogens (tertiary/aromatic N) is 2. The van der Waals surface area contributed by atoms with Crippen molar-refractivity contribution in [2.75, 3.05) is 10.5 Å². The van der Waals surface area contributed by atoms with Gasteiger partial charge in [-0.25, -0.2) is 8.42 Å². The Morgan fingerprint density at radius 3 is 2.48 bits per heavy atom. The molecule has 7 heteroatoms. The molecule has 1 aromatic heterocycles. The second kappa shape index (κ2) is 9.39. The highest BCUT2D eigenvalue weighted by Gasteiger charge is 2.19. The summed E-state index contributed by atoms with van der Waals surface area (Å²) in [7, 11) is -3.40. The van der Waals surface area contributed by atoms with Crippen LogP contribution < -0.4 is 9.46 Å². The van der Waals surface area contributed by atoms with Crippen molar-refractivity contribution in [3.63, 3.8) is 0 Å². The number of nitrogens with one attached hydrogen (secondary N) is 1. The molecule has 168 valence electrons. The summed E-state index contributed by atoms with van der Waals surface area (Å²) in [6.07, 6.45) is 0. The number of ether oxygens (including phenoxy) is 1. The van der Waals surface area contributed by atoms with Crippen molar-refractivity contribution in [2.45, 2.75) is 27.0 Å². The van der Waals surface area contributed by atoms with Crippen LogP contribution in [0.2, 0.25) is 0 Å². The zero-order valence-corrected chi connectivity index (χ0v) is 19.4. The van der Waals surface area contributed by atoms with E-state index in [0.29, 0.717) is 30.2 Å². The Balaban J connectivity index is 1.77. The maximum atomic E-state index is 12.0. The number of hydrogen-bond donors (Lipinski definition) is 1. The molecular weight excluding hydrogens is 434 g/mol. The topological polar surface area (TPSA) is 84.1 Å². The minimum Gasteiger partial charge on any atom is -0.489 e. The van der Waals surface area contributed by atoms with Crippen LogP contribution in [0.4, 0.5) is 5.69 Å². The maximum Gasteiger partial charge on any atom is 0.232 e. The Hall–Kier alpha value is -3.76. The molecule has 0 spiro atoms. The third-order valence-electron chi connectivity index (χ3n) is 5.50. The van der Waals surface area contributed by atoms with Crippen LogP contribution in [0.15, 0.2) is 72.8 Å². The predicted octanol–water partition coefficient (Wildman–Crippen LogP) is 5.54. The molecule has 0 unspecified atom stereocenters. The van der Waals surface area contributed by atoms with Crippen molar-refractivity contribution in [2.24, 2.45) is 0 Å². The van der Waals surface area contributed by atoms with Gasteiger partial charge in [0.2, 0.25) is 10.0 Å². The third-order valence-corrected chi connectivity index (χ3v) is 6.81. The number of benzene rings is 3. The quantitative estimate of drug-likeness (QED) is 0.375. The van der Waals surface area contributed by atoms with Crippen molar-refractivity contribution in [3.8, 4) is 23.1 Å². The van der Waals surface area contributed by atoms with Gasteiger partial charge in [0.1, 0.15) is 18.4 Å². The summed E-state index contributed by atoms with van der Waals surface area (Å²) in [5.74, 6) is 0.675. The van der Waals surface area contributed by atoms with Gasteiger partial charge in [-0.15, -0.1) is 0 Å². The fraction of sp³-hybridized carbons (Fsp3) is 0.192. The Morgan fingerprint density at radius 1 is 1.00 bits per heavy atom. The van der Waals surface area contributed by atoms with E-state index < -0.39 is 10.0 Å². The first-order chi connectivity index (χ1) is 16.0. The van der Waals surface area contributed by atoms with Gasteiger partial charge in [0.15, 0.2) is 0 Å². The first-order valence-electron chi connectivity index (χ1n) is 10.8. The first kappa shape index (κ1) is 22.4. The van der Waals surface area contributed by atoms with E-state index in [4.69, 9.17) is 4.74 Å². The first-order valence-corrected chi connectivity index (χ1v) is 12.4. The van der Waals surface area contributed by atoms with Gasteiger partial charge >= 0.3 is 0 Å². The van der Waals surface area contributed by atoms with E-state index in [-0.39, 0.29) is 5.75 Å². The molecule has 1 N–H and O–H groups in total. The molecule has 0 saturated heterocycles. The van der Waals surface area contributed by atoms with Gasteiger partial charge in [-0.05, 0) is 49.7 Å². The summed E-state index contributed by atoms with van der Waals surface area (Å²) in [5, 5.41) is 10.9. The van der Waals surface area contributed by atoms with Crippen molar-refractivity contribution < 1.29 is 13.2 Å². The van der Waals surface area contributed by atoms with Crippen LogP contribution in [0.25, 0.3) is 22.2 Å². The number of aromatic nitrogens is 1. The van der Waals surface area contributed by atoms with E-state index in [1.54, 1.807) is 25.1 Å². The zero-order chi connectivity index (χ0) is 23.4. The van der Waals surface area contributed by atoms with Crippen LogP contribution >= 0.6 is 0 Å². The Morgan fingerprint density at radius 2 is 1.79 bits per heavy atom. The van der Waals surface area contributed by atoms with E-state index in [2.05, 4.69) is 15.4 Å². The second-order valence-corrected chi connectivity index (χ2v) is 9.63. The third kappa shape index (κ3) is 4.71. The minimum atomic E-state index is -3.40. The van der Waals surface area contributed by atoms with Gasteiger partial charge in [-0.1, -0.05) is 42.5 Å². The van der Waals surface area contributed by atoms with E-state index in [1.165, 1.54) is 0 Å². The average molecular weight is 460 g/mol. The fourth-order valence-electron chi connectivity index (χ4n) is 3.89. The standard InChI is InChI=1S/C26H25N3O3S/c1-3-29-25-14-13-22(32-18-19-9-6-5-7-10-19)16-23(25)24(17-27)26(29)20-11-8-12-21(15-20)28-33(30,31)4-2/h5-16,28H,3-4,18H2,1-2H3. The van der Waals surface area contributed by atoms with Gasteiger partial charge in [-0.3, -0.25) is 4.72 Å². The SMILES string of the molecule is CCn1c(-c2cccc(NS(=O)(=O)CC)c2)c(C#N)c2cc(OCc3ccccc3)ccc21. The smallest absolute Gasteiger partial charge is 0.232 e. The number of sulfonamides is 1. The van der Waals surface area contributed by atoms with E-state index in [9.17, 15) is 13.7 Å². The molecule has 0 aliphatic carbocycles. The average Bonchev–Trinajstić information content (AvgIpc) is 3.16. The molecule has 0 aliphatic heterocycles. The van der Waals surface area contributed by atoms with Crippen molar-refractivity contribution in [1.82, 2.24) is 4.57 Å². The molecule has 0 amide bonds. The predicted molar refractivity (Wildman–Crippen MR) is 132 cm³/mol. The molecule has 1 heterocycles. The summed E-state index contributed by atoms with van der Waals surface area (Å²) in [6, 6.07) is 25.2. The summed E-state index contributed by atoms with van der Waals surface area (Å²) in [6.45, 7) is 4.71. The number of rotatable bonds is 8. The molecule has 6 nitrogen and oxygen atoms in total. The maximum absolute atomic E-state index is 12.0. The lowest BCUT2D eigenvalue weighted by atomic mass is 10.1. The Labute approximate surface area is 194 Å². The molecule has 4 rings (SSSR count). The van der Waals surface area contributed by atoms with Crippen molar-refractivity contribution in [3.05, 3.63) is 83.9 Å². The largest absolute Gasteiger partial charge is 0.489 e. The summed E-state index contributed by atoms with van der Waals surface area (Å²) >= 11 is 0. The molecule has 0 bridgehead atoms. The highest BCUT2D eigenvalue weighted by Crippen LogP contribution is 2.36. The number of hydrogen-bond acceptors (Lipinski definition) is 4. The second-order valence-electron chi connectivity index (χ2n) is 7.62. The number of aryl methyl sites for hydroxylation is 1. The number of nitriles is 1. The summed E-state index contributed by atoms with van der Waals surface area (Å²) < 4.78 is 34.7. The van der Waals surface area contributed by atoms with Crippen LogP contribution in [0.1, 0.15) is 25.0 Å². The monoisotopic (exact) mass is 459 g/mol. The minimum absolute atomic E-state index is 0.0122. The van der Waals surface area contributed by atoms with Gasteiger partial charge in [0.25, 0.3) is 0 Å². The van der Waals surface area contributed by atoms with Crippen molar-refractivity contribution in [1.29, 1.82) is 5.26 Å². The number of fused-ring (bicyclic) bond motifs is 1. The molecule has 0 saturated carbocycles. The lowest BCUT2D eigenvalue weighted by Gasteiger charge is -2.11. The molecule has 0 radical (unpaired) electrons. The van der Waals surface area contributed by atoms with E-state index in [0.717, 1.165) is 27.7 Å². The molecule has 4 aromatic rings. The van der Waals surface area contributed by atoms with Crippen molar-refractivity contribution >= 4 is 26.6 Å². The fourth-order valence-corrected chi connectivity index (χ4v) is 4.52.